The van der Waals surface area contributed by atoms with E-state index in [-0.39, 0.29) is 5.78 Å². The summed E-state index contributed by atoms with van der Waals surface area (Å²) in [6.45, 7) is 0. The normalized spacial score (nSPS) is 10.8. The lowest BCUT2D eigenvalue weighted by Gasteiger charge is -2.03. The Morgan fingerprint density at radius 2 is 2.11 bits per heavy atom. The van der Waals surface area contributed by atoms with Gasteiger partial charge in [-0.1, -0.05) is 12.1 Å². The standard InChI is InChI=1S/C14H14N2O2/c1-16-10-9-11(15-16)7-8-13(17)12-5-3-4-6-14(12)18-2/h3-10H,1-2H3/b8-7+. The predicted octanol–water partition coefficient (Wildman–Crippen LogP) is 2.32. The molecule has 0 N–H and O–H groups in total. The van der Waals surface area contributed by atoms with Gasteiger partial charge in [-0.05, 0) is 30.4 Å². The molecule has 0 aliphatic rings. The van der Waals surface area contributed by atoms with E-state index in [1.165, 1.54) is 6.08 Å². The molecule has 4 nitrogen and oxygen atoms in total. The minimum absolute atomic E-state index is 0.0990. The first-order valence-electron chi connectivity index (χ1n) is 5.56. The molecule has 0 saturated carbocycles. The number of ketones is 1. The average molecular weight is 242 g/mol. The maximum absolute atomic E-state index is 12.0. The van der Waals surface area contributed by atoms with Crippen molar-refractivity contribution < 1.29 is 9.53 Å². The van der Waals surface area contributed by atoms with E-state index < -0.39 is 0 Å². The third-order valence-electron chi connectivity index (χ3n) is 2.51. The van der Waals surface area contributed by atoms with Gasteiger partial charge < -0.3 is 4.74 Å². The van der Waals surface area contributed by atoms with Crippen molar-refractivity contribution in [1.29, 1.82) is 0 Å². The van der Waals surface area contributed by atoms with Gasteiger partial charge in [-0.3, -0.25) is 9.48 Å². The number of rotatable bonds is 4. The summed E-state index contributed by atoms with van der Waals surface area (Å²) >= 11 is 0. The molecule has 92 valence electrons. The van der Waals surface area contributed by atoms with E-state index in [9.17, 15) is 4.79 Å². The Labute approximate surface area is 106 Å². The molecule has 2 aromatic rings. The number of benzene rings is 1. The molecule has 1 heterocycles. The Morgan fingerprint density at radius 3 is 2.78 bits per heavy atom. The first-order valence-corrected chi connectivity index (χ1v) is 5.56. The summed E-state index contributed by atoms with van der Waals surface area (Å²) in [5.74, 6) is 0.478. The van der Waals surface area contributed by atoms with Crippen LogP contribution < -0.4 is 4.74 Å². The monoisotopic (exact) mass is 242 g/mol. The molecule has 0 unspecified atom stereocenters. The number of carbonyl (C=O) groups is 1. The zero-order valence-corrected chi connectivity index (χ0v) is 10.3. The Hall–Kier alpha value is -2.36. The highest BCUT2D eigenvalue weighted by Crippen LogP contribution is 2.18. The average Bonchev–Trinajstić information content (AvgIpc) is 2.81. The fraction of sp³-hybridized carbons (Fsp3) is 0.143. The molecule has 0 aliphatic carbocycles. The number of ether oxygens (including phenoxy) is 1. The van der Waals surface area contributed by atoms with Crippen molar-refractivity contribution in [2.75, 3.05) is 7.11 Å². The van der Waals surface area contributed by atoms with Crippen LogP contribution in [0.2, 0.25) is 0 Å². The molecule has 0 atom stereocenters. The molecule has 0 aliphatic heterocycles. The fourth-order valence-corrected chi connectivity index (χ4v) is 1.62. The zero-order valence-electron chi connectivity index (χ0n) is 10.3. The zero-order chi connectivity index (χ0) is 13.0. The molecular formula is C14H14N2O2. The van der Waals surface area contributed by atoms with Crippen LogP contribution in [0, 0.1) is 0 Å². The number of allylic oxidation sites excluding steroid dienone is 1. The molecule has 4 heteroatoms. The Balaban J connectivity index is 2.19. The predicted molar refractivity (Wildman–Crippen MR) is 69.6 cm³/mol. The van der Waals surface area contributed by atoms with Crippen LogP contribution in [-0.2, 0) is 7.05 Å². The van der Waals surface area contributed by atoms with Crippen molar-refractivity contribution in [3.05, 3.63) is 53.9 Å². The van der Waals surface area contributed by atoms with Crippen molar-refractivity contribution >= 4 is 11.9 Å². The summed E-state index contributed by atoms with van der Waals surface area (Å²) in [6, 6.07) is 8.99. The van der Waals surface area contributed by atoms with Gasteiger partial charge in [-0.2, -0.15) is 5.10 Å². The van der Waals surface area contributed by atoms with E-state index in [1.807, 2.05) is 31.4 Å². The number of aryl methyl sites for hydroxylation is 1. The number of hydrogen-bond donors (Lipinski definition) is 0. The van der Waals surface area contributed by atoms with Gasteiger partial charge in [0.1, 0.15) is 5.75 Å². The maximum Gasteiger partial charge on any atom is 0.189 e. The van der Waals surface area contributed by atoms with Crippen LogP contribution in [-0.4, -0.2) is 22.7 Å². The second-order valence-corrected chi connectivity index (χ2v) is 3.81. The van der Waals surface area contributed by atoms with Crippen LogP contribution in [0.25, 0.3) is 6.08 Å². The molecular weight excluding hydrogens is 228 g/mol. The van der Waals surface area contributed by atoms with Gasteiger partial charge >= 0.3 is 0 Å². The lowest BCUT2D eigenvalue weighted by atomic mass is 10.1. The Kier molecular flexibility index (Phi) is 3.57. The Bertz CT molecular complexity index is 585. The van der Waals surface area contributed by atoms with Gasteiger partial charge in [0.05, 0.1) is 18.4 Å². The largest absolute Gasteiger partial charge is 0.496 e. The fourth-order valence-electron chi connectivity index (χ4n) is 1.62. The van der Waals surface area contributed by atoms with Crippen LogP contribution >= 0.6 is 0 Å². The SMILES string of the molecule is COc1ccccc1C(=O)/C=C/c1ccn(C)n1. The van der Waals surface area contributed by atoms with Gasteiger partial charge in [-0.25, -0.2) is 0 Å². The van der Waals surface area contributed by atoms with Gasteiger partial charge in [0, 0.05) is 13.2 Å². The van der Waals surface area contributed by atoms with Crippen LogP contribution in [0.1, 0.15) is 16.1 Å². The lowest BCUT2D eigenvalue weighted by molar-refractivity contribution is 0.104. The topological polar surface area (TPSA) is 44.1 Å². The molecule has 2 rings (SSSR count). The van der Waals surface area contributed by atoms with Gasteiger partial charge in [-0.15, -0.1) is 0 Å². The van der Waals surface area contributed by atoms with E-state index in [1.54, 1.807) is 30.0 Å². The number of hydrogen-bond acceptors (Lipinski definition) is 3. The van der Waals surface area contributed by atoms with Crippen molar-refractivity contribution in [2.24, 2.45) is 7.05 Å². The van der Waals surface area contributed by atoms with Crippen molar-refractivity contribution in [3.63, 3.8) is 0 Å². The first kappa shape index (κ1) is 12.1. The van der Waals surface area contributed by atoms with Crippen molar-refractivity contribution in [3.8, 4) is 5.75 Å². The third-order valence-corrected chi connectivity index (χ3v) is 2.51. The highest BCUT2D eigenvalue weighted by atomic mass is 16.5. The number of carbonyl (C=O) groups excluding carboxylic acids is 1. The molecule has 0 fully saturated rings. The summed E-state index contributed by atoms with van der Waals surface area (Å²) < 4.78 is 6.84. The summed E-state index contributed by atoms with van der Waals surface area (Å²) in [5, 5.41) is 4.17. The number of para-hydroxylation sites is 1. The van der Waals surface area contributed by atoms with E-state index >= 15 is 0 Å². The minimum Gasteiger partial charge on any atom is -0.496 e. The Morgan fingerprint density at radius 1 is 1.33 bits per heavy atom. The molecule has 1 aromatic heterocycles. The van der Waals surface area contributed by atoms with Gasteiger partial charge in [0.25, 0.3) is 0 Å². The van der Waals surface area contributed by atoms with Crippen LogP contribution in [0.3, 0.4) is 0 Å². The second-order valence-electron chi connectivity index (χ2n) is 3.81. The van der Waals surface area contributed by atoms with Gasteiger partial charge in [0.2, 0.25) is 0 Å². The molecule has 0 spiro atoms. The molecule has 18 heavy (non-hydrogen) atoms. The molecule has 0 bridgehead atoms. The summed E-state index contributed by atoms with van der Waals surface area (Å²) in [4.78, 5) is 12.0. The summed E-state index contributed by atoms with van der Waals surface area (Å²) in [7, 11) is 3.38. The van der Waals surface area contributed by atoms with Gasteiger partial charge in [0.15, 0.2) is 5.78 Å². The highest BCUT2D eigenvalue weighted by molar-refractivity contribution is 6.08. The summed E-state index contributed by atoms with van der Waals surface area (Å²) in [5.41, 5.74) is 1.30. The quantitative estimate of drug-likeness (QED) is 0.610. The molecule has 0 saturated heterocycles. The van der Waals surface area contributed by atoms with Crippen LogP contribution in [0.15, 0.2) is 42.6 Å². The summed E-state index contributed by atoms with van der Waals surface area (Å²) in [6.07, 6.45) is 5.02. The molecule has 0 radical (unpaired) electrons. The smallest absolute Gasteiger partial charge is 0.189 e. The first-order chi connectivity index (χ1) is 8.70. The molecule has 0 amide bonds. The number of methoxy groups -OCH3 is 1. The lowest BCUT2D eigenvalue weighted by Crippen LogP contribution is -1.98. The van der Waals surface area contributed by atoms with E-state index in [0.29, 0.717) is 11.3 Å². The van der Waals surface area contributed by atoms with E-state index in [0.717, 1.165) is 5.69 Å². The minimum atomic E-state index is -0.0990. The molecule has 1 aromatic carbocycles. The van der Waals surface area contributed by atoms with Crippen LogP contribution in [0.4, 0.5) is 0 Å². The second kappa shape index (κ2) is 5.31. The number of nitrogens with zero attached hydrogens (tertiary/aromatic N) is 2. The van der Waals surface area contributed by atoms with Crippen molar-refractivity contribution in [2.45, 2.75) is 0 Å². The van der Waals surface area contributed by atoms with E-state index in [2.05, 4.69) is 5.10 Å². The van der Waals surface area contributed by atoms with Crippen molar-refractivity contribution in [1.82, 2.24) is 9.78 Å². The van der Waals surface area contributed by atoms with E-state index in [4.69, 9.17) is 4.74 Å². The third kappa shape index (κ3) is 2.66. The highest BCUT2D eigenvalue weighted by Gasteiger charge is 2.07. The van der Waals surface area contributed by atoms with Crippen LogP contribution in [0.5, 0.6) is 5.75 Å². The maximum atomic E-state index is 12.0. The number of aromatic nitrogens is 2.